The zero-order valence-corrected chi connectivity index (χ0v) is 13.3. The predicted octanol–water partition coefficient (Wildman–Crippen LogP) is 2.79. The Morgan fingerprint density at radius 3 is 2.55 bits per heavy atom. The van der Waals surface area contributed by atoms with E-state index in [1.165, 1.54) is 0 Å². The Bertz CT molecular complexity index is 506. The van der Waals surface area contributed by atoms with Crippen LogP contribution in [0.15, 0.2) is 24.3 Å². The summed E-state index contributed by atoms with van der Waals surface area (Å²) < 4.78 is 5.41. The van der Waals surface area contributed by atoms with E-state index in [0.717, 1.165) is 69.5 Å². The Kier molecular flexibility index (Phi) is 4.83. The van der Waals surface area contributed by atoms with Crippen molar-refractivity contribution in [1.82, 2.24) is 4.90 Å². The average Bonchev–Trinajstić information content (AvgIpc) is 2.57. The summed E-state index contributed by atoms with van der Waals surface area (Å²) >= 11 is 0. The number of morpholine rings is 1. The van der Waals surface area contributed by atoms with Gasteiger partial charge in [-0.25, -0.2) is 4.79 Å². The molecule has 1 aromatic carbocycles. The summed E-state index contributed by atoms with van der Waals surface area (Å²) in [6.45, 7) is 7.18. The molecule has 120 valence electrons. The first-order valence-corrected chi connectivity index (χ1v) is 8.21. The quantitative estimate of drug-likeness (QED) is 0.914. The van der Waals surface area contributed by atoms with Gasteiger partial charge in [-0.3, -0.25) is 0 Å². The van der Waals surface area contributed by atoms with Crippen molar-refractivity contribution >= 4 is 17.4 Å². The number of piperidine rings is 1. The molecule has 5 nitrogen and oxygen atoms in total. The molecule has 2 aliphatic heterocycles. The summed E-state index contributed by atoms with van der Waals surface area (Å²) in [7, 11) is 0. The summed E-state index contributed by atoms with van der Waals surface area (Å²) in [5.74, 6) is 0.727. The summed E-state index contributed by atoms with van der Waals surface area (Å²) in [5.41, 5.74) is 1.98. The van der Waals surface area contributed by atoms with Crippen LogP contribution in [0.1, 0.15) is 19.8 Å². The molecule has 2 heterocycles. The third-order valence-corrected chi connectivity index (χ3v) is 4.57. The maximum atomic E-state index is 12.5. The molecular weight excluding hydrogens is 278 g/mol. The molecule has 0 atom stereocenters. The number of anilines is 2. The van der Waals surface area contributed by atoms with Crippen molar-refractivity contribution in [2.75, 3.05) is 49.6 Å². The topological polar surface area (TPSA) is 44.8 Å². The minimum Gasteiger partial charge on any atom is -0.378 e. The van der Waals surface area contributed by atoms with Crippen molar-refractivity contribution in [2.45, 2.75) is 19.8 Å². The molecule has 2 saturated heterocycles. The molecule has 0 aliphatic carbocycles. The normalized spacial score (nSPS) is 20.0. The minimum absolute atomic E-state index is 0.0209. The third kappa shape index (κ3) is 3.53. The van der Waals surface area contributed by atoms with Crippen LogP contribution in [0.4, 0.5) is 16.2 Å². The highest BCUT2D eigenvalue weighted by molar-refractivity contribution is 5.93. The summed E-state index contributed by atoms with van der Waals surface area (Å²) in [6.07, 6.45) is 2.19. The van der Waals surface area contributed by atoms with E-state index < -0.39 is 0 Å². The van der Waals surface area contributed by atoms with Crippen molar-refractivity contribution in [3.05, 3.63) is 24.3 Å². The van der Waals surface area contributed by atoms with Gasteiger partial charge < -0.3 is 19.9 Å². The Morgan fingerprint density at radius 1 is 1.14 bits per heavy atom. The maximum Gasteiger partial charge on any atom is 0.321 e. The van der Waals surface area contributed by atoms with Gasteiger partial charge in [-0.1, -0.05) is 19.1 Å². The first-order valence-electron chi connectivity index (χ1n) is 8.21. The molecular formula is C17H25N3O2. The van der Waals surface area contributed by atoms with Crippen molar-refractivity contribution in [2.24, 2.45) is 5.92 Å². The highest BCUT2D eigenvalue weighted by Crippen LogP contribution is 2.27. The lowest BCUT2D eigenvalue weighted by Crippen LogP contribution is -2.41. The van der Waals surface area contributed by atoms with E-state index in [0.29, 0.717) is 0 Å². The molecule has 22 heavy (non-hydrogen) atoms. The predicted molar refractivity (Wildman–Crippen MR) is 88.5 cm³/mol. The third-order valence-electron chi connectivity index (χ3n) is 4.57. The number of benzene rings is 1. The second kappa shape index (κ2) is 7.01. The molecule has 0 aromatic heterocycles. The number of carbonyl (C=O) groups excluding carboxylic acids is 1. The zero-order valence-electron chi connectivity index (χ0n) is 13.3. The maximum absolute atomic E-state index is 12.5. The summed E-state index contributed by atoms with van der Waals surface area (Å²) in [4.78, 5) is 16.7. The number of nitrogens with zero attached hydrogens (tertiary/aromatic N) is 2. The fraction of sp³-hybridized carbons (Fsp3) is 0.588. The largest absolute Gasteiger partial charge is 0.378 e. The standard InChI is InChI=1S/C17H25N3O2/c1-14-6-8-20(9-7-14)17(21)18-15-4-2-3-5-16(15)19-10-12-22-13-11-19/h2-5,14H,6-13H2,1H3,(H,18,21). The number of amides is 2. The van der Waals surface area contributed by atoms with Gasteiger partial charge in [0.1, 0.15) is 0 Å². The van der Waals surface area contributed by atoms with Crippen LogP contribution in [0.3, 0.4) is 0 Å². The van der Waals surface area contributed by atoms with Gasteiger partial charge in [0.15, 0.2) is 0 Å². The number of ether oxygens (including phenoxy) is 1. The van der Waals surface area contributed by atoms with Crippen LogP contribution in [0.5, 0.6) is 0 Å². The number of carbonyl (C=O) groups is 1. The fourth-order valence-corrected chi connectivity index (χ4v) is 3.07. The lowest BCUT2D eigenvalue weighted by atomic mass is 10.00. The van der Waals surface area contributed by atoms with E-state index in [1.54, 1.807) is 0 Å². The lowest BCUT2D eigenvalue weighted by Gasteiger charge is -2.33. The van der Waals surface area contributed by atoms with Crippen LogP contribution in [-0.2, 0) is 4.74 Å². The van der Waals surface area contributed by atoms with Gasteiger partial charge in [0, 0.05) is 26.2 Å². The van der Waals surface area contributed by atoms with Gasteiger partial charge in [-0.15, -0.1) is 0 Å². The van der Waals surface area contributed by atoms with Crippen LogP contribution in [0.25, 0.3) is 0 Å². The first kappa shape index (κ1) is 15.2. The molecule has 2 fully saturated rings. The molecule has 2 aliphatic rings. The summed E-state index contributed by atoms with van der Waals surface area (Å²) in [6, 6.07) is 8.06. The van der Waals surface area contributed by atoms with E-state index in [9.17, 15) is 4.79 Å². The Labute approximate surface area is 132 Å². The van der Waals surface area contributed by atoms with Crippen LogP contribution < -0.4 is 10.2 Å². The SMILES string of the molecule is CC1CCN(C(=O)Nc2ccccc2N2CCOCC2)CC1. The van der Waals surface area contributed by atoms with Crippen LogP contribution in [0, 0.1) is 5.92 Å². The van der Waals surface area contributed by atoms with Crippen molar-refractivity contribution in [3.63, 3.8) is 0 Å². The van der Waals surface area contributed by atoms with E-state index in [-0.39, 0.29) is 6.03 Å². The lowest BCUT2D eigenvalue weighted by molar-refractivity contribution is 0.123. The number of hydrogen-bond acceptors (Lipinski definition) is 3. The highest BCUT2D eigenvalue weighted by atomic mass is 16.5. The monoisotopic (exact) mass is 303 g/mol. The van der Waals surface area contributed by atoms with Gasteiger partial charge in [0.25, 0.3) is 0 Å². The molecule has 0 saturated carbocycles. The first-order chi connectivity index (χ1) is 10.7. The Balaban J connectivity index is 1.68. The molecule has 2 amide bonds. The molecule has 1 aromatic rings. The van der Waals surface area contributed by atoms with Crippen LogP contribution in [0.2, 0.25) is 0 Å². The fourth-order valence-electron chi connectivity index (χ4n) is 3.07. The van der Waals surface area contributed by atoms with E-state index in [1.807, 2.05) is 23.1 Å². The second-order valence-corrected chi connectivity index (χ2v) is 6.22. The van der Waals surface area contributed by atoms with Gasteiger partial charge >= 0.3 is 6.03 Å². The number of nitrogens with one attached hydrogen (secondary N) is 1. The molecule has 5 heteroatoms. The van der Waals surface area contributed by atoms with Crippen LogP contribution in [-0.4, -0.2) is 50.3 Å². The number of likely N-dealkylation sites (tertiary alicyclic amines) is 1. The molecule has 1 N–H and O–H groups in total. The van der Waals surface area contributed by atoms with Crippen LogP contribution >= 0.6 is 0 Å². The van der Waals surface area contributed by atoms with E-state index in [4.69, 9.17) is 4.74 Å². The van der Waals surface area contributed by atoms with E-state index in [2.05, 4.69) is 23.2 Å². The molecule has 0 spiro atoms. The van der Waals surface area contributed by atoms with Gasteiger partial charge in [-0.2, -0.15) is 0 Å². The van der Waals surface area contributed by atoms with Gasteiger partial charge in [-0.05, 0) is 30.9 Å². The average molecular weight is 303 g/mol. The second-order valence-electron chi connectivity index (χ2n) is 6.22. The van der Waals surface area contributed by atoms with Gasteiger partial charge in [0.2, 0.25) is 0 Å². The number of rotatable bonds is 2. The zero-order chi connectivity index (χ0) is 15.4. The Morgan fingerprint density at radius 2 is 1.82 bits per heavy atom. The molecule has 0 bridgehead atoms. The van der Waals surface area contributed by atoms with Crippen molar-refractivity contribution < 1.29 is 9.53 Å². The molecule has 0 unspecified atom stereocenters. The molecule has 0 radical (unpaired) electrons. The highest BCUT2D eigenvalue weighted by Gasteiger charge is 2.22. The Hall–Kier alpha value is -1.75. The van der Waals surface area contributed by atoms with Crippen molar-refractivity contribution in [3.8, 4) is 0 Å². The van der Waals surface area contributed by atoms with E-state index >= 15 is 0 Å². The smallest absolute Gasteiger partial charge is 0.321 e. The number of hydrogen-bond donors (Lipinski definition) is 1. The van der Waals surface area contributed by atoms with Gasteiger partial charge in [0.05, 0.1) is 24.6 Å². The number of urea groups is 1. The van der Waals surface area contributed by atoms with Crippen molar-refractivity contribution in [1.29, 1.82) is 0 Å². The number of para-hydroxylation sites is 2. The minimum atomic E-state index is 0.0209. The molecule has 3 rings (SSSR count). The summed E-state index contributed by atoms with van der Waals surface area (Å²) in [5, 5.41) is 3.10.